The number of nitrogen functional groups attached to an aromatic ring is 1. The van der Waals surface area contributed by atoms with Gasteiger partial charge in [-0.1, -0.05) is 19.8 Å². The molecule has 17 heavy (non-hydrogen) atoms. The molecular formula is C12H22N4O. The average molecular weight is 238 g/mol. The zero-order chi connectivity index (χ0) is 12.5. The molecule has 4 N–H and O–H groups in total. The summed E-state index contributed by atoms with van der Waals surface area (Å²) in [5, 5.41) is 11.9. The van der Waals surface area contributed by atoms with Gasteiger partial charge in [0.1, 0.15) is 17.5 Å². The molecule has 0 bridgehead atoms. The fourth-order valence-electron chi connectivity index (χ4n) is 1.57. The summed E-state index contributed by atoms with van der Waals surface area (Å²) in [6, 6.07) is 1.76. The Bertz CT molecular complexity index is 330. The van der Waals surface area contributed by atoms with Crippen LogP contribution in [0, 0.1) is 0 Å². The lowest BCUT2D eigenvalue weighted by atomic mass is 10.2. The predicted molar refractivity (Wildman–Crippen MR) is 69.9 cm³/mol. The summed E-state index contributed by atoms with van der Waals surface area (Å²) in [5.41, 5.74) is 5.69. The Morgan fingerprint density at radius 1 is 1.24 bits per heavy atom. The van der Waals surface area contributed by atoms with E-state index in [0.29, 0.717) is 5.82 Å². The minimum atomic E-state index is 0.287. The zero-order valence-corrected chi connectivity index (χ0v) is 10.4. The van der Waals surface area contributed by atoms with Crippen molar-refractivity contribution in [3.63, 3.8) is 0 Å². The highest BCUT2D eigenvalue weighted by Crippen LogP contribution is 2.09. The van der Waals surface area contributed by atoms with E-state index >= 15 is 0 Å². The van der Waals surface area contributed by atoms with Crippen LogP contribution >= 0.6 is 0 Å². The van der Waals surface area contributed by atoms with Crippen molar-refractivity contribution in [2.75, 3.05) is 24.2 Å². The van der Waals surface area contributed by atoms with Gasteiger partial charge in [0.15, 0.2) is 0 Å². The van der Waals surface area contributed by atoms with E-state index in [1.54, 1.807) is 6.07 Å². The van der Waals surface area contributed by atoms with Gasteiger partial charge in [-0.05, 0) is 12.8 Å². The Kier molecular flexibility index (Phi) is 6.32. The molecule has 0 amide bonds. The Morgan fingerprint density at radius 3 is 2.71 bits per heavy atom. The van der Waals surface area contributed by atoms with E-state index in [0.717, 1.165) is 50.3 Å². The van der Waals surface area contributed by atoms with Gasteiger partial charge in [-0.3, -0.25) is 0 Å². The molecule has 0 saturated carbocycles. The Balaban J connectivity index is 2.28. The highest BCUT2D eigenvalue weighted by molar-refractivity contribution is 5.44. The second-order valence-electron chi connectivity index (χ2n) is 4.01. The van der Waals surface area contributed by atoms with Gasteiger partial charge in [-0.15, -0.1) is 0 Å². The number of rotatable bonds is 8. The summed E-state index contributed by atoms with van der Waals surface area (Å²) in [5.74, 6) is 2.09. The van der Waals surface area contributed by atoms with Gasteiger partial charge in [0.2, 0.25) is 0 Å². The van der Waals surface area contributed by atoms with Gasteiger partial charge in [-0.2, -0.15) is 0 Å². The predicted octanol–water partition coefficient (Wildman–Crippen LogP) is 1.59. The highest BCUT2D eigenvalue weighted by atomic mass is 16.2. The first-order chi connectivity index (χ1) is 8.26. The zero-order valence-electron chi connectivity index (χ0n) is 10.4. The molecule has 5 heteroatoms. The summed E-state index contributed by atoms with van der Waals surface area (Å²) in [7, 11) is 0. The van der Waals surface area contributed by atoms with Crippen LogP contribution in [0.5, 0.6) is 0 Å². The van der Waals surface area contributed by atoms with Crippen LogP contribution in [-0.2, 0) is 6.42 Å². The number of hydrogen-bond donors (Lipinski definition) is 3. The third-order valence-corrected chi connectivity index (χ3v) is 2.50. The lowest BCUT2D eigenvalue weighted by Gasteiger charge is -2.07. The minimum Gasteiger partial charge on any atom is -0.396 e. The molecule has 96 valence electrons. The number of nitrogens with one attached hydrogen (secondary N) is 1. The molecule has 0 aliphatic heterocycles. The van der Waals surface area contributed by atoms with Crippen LogP contribution in [0.15, 0.2) is 6.07 Å². The van der Waals surface area contributed by atoms with Crippen molar-refractivity contribution in [2.45, 2.75) is 39.0 Å². The third kappa shape index (κ3) is 5.49. The number of unbranched alkanes of at least 4 members (excludes halogenated alkanes) is 3. The first-order valence-corrected chi connectivity index (χ1v) is 6.24. The second kappa shape index (κ2) is 7.84. The molecular weight excluding hydrogens is 216 g/mol. The van der Waals surface area contributed by atoms with Gasteiger partial charge in [0, 0.05) is 25.6 Å². The van der Waals surface area contributed by atoms with E-state index < -0.39 is 0 Å². The van der Waals surface area contributed by atoms with Crippen LogP contribution in [0.25, 0.3) is 0 Å². The number of nitrogens with zero attached hydrogens (tertiary/aromatic N) is 2. The first kappa shape index (κ1) is 13.7. The molecule has 0 spiro atoms. The maximum absolute atomic E-state index is 8.64. The van der Waals surface area contributed by atoms with Crippen molar-refractivity contribution in [1.82, 2.24) is 9.97 Å². The van der Waals surface area contributed by atoms with E-state index in [-0.39, 0.29) is 6.61 Å². The molecule has 0 aliphatic rings. The van der Waals surface area contributed by atoms with Gasteiger partial charge in [-0.25, -0.2) is 9.97 Å². The van der Waals surface area contributed by atoms with Crippen molar-refractivity contribution < 1.29 is 5.11 Å². The van der Waals surface area contributed by atoms with Crippen LogP contribution in [-0.4, -0.2) is 28.2 Å². The van der Waals surface area contributed by atoms with Crippen LogP contribution in [0.3, 0.4) is 0 Å². The van der Waals surface area contributed by atoms with Gasteiger partial charge < -0.3 is 16.2 Å². The normalized spacial score (nSPS) is 10.5. The van der Waals surface area contributed by atoms with Gasteiger partial charge in [0.05, 0.1) is 0 Å². The number of aliphatic hydroxyl groups excluding tert-OH is 1. The molecule has 0 atom stereocenters. The van der Waals surface area contributed by atoms with Crippen molar-refractivity contribution >= 4 is 11.6 Å². The number of anilines is 2. The van der Waals surface area contributed by atoms with Gasteiger partial charge in [0.25, 0.3) is 0 Å². The second-order valence-corrected chi connectivity index (χ2v) is 4.01. The highest BCUT2D eigenvalue weighted by Gasteiger charge is 2.00. The number of nitrogens with two attached hydrogens (primary N) is 1. The molecule has 5 nitrogen and oxygen atoms in total. The van der Waals surface area contributed by atoms with E-state index in [2.05, 4.69) is 15.3 Å². The smallest absolute Gasteiger partial charge is 0.132 e. The molecule has 0 fully saturated rings. The number of aromatic nitrogens is 2. The molecule has 1 aromatic heterocycles. The van der Waals surface area contributed by atoms with Gasteiger partial charge >= 0.3 is 0 Å². The van der Waals surface area contributed by atoms with Crippen molar-refractivity contribution in [3.05, 3.63) is 11.9 Å². The third-order valence-electron chi connectivity index (χ3n) is 2.50. The maximum Gasteiger partial charge on any atom is 0.132 e. The van der Waals surface area contributed by atoms with E-state index in [9.17, 15) is 0 Å². The summed E-state index contributed by atoms with van der Waals surface area (Å²) in [4.78, 5) is 8.46. The first-order valence-electron chi connectivity index (χ1n) is 6.24. The van der Waals surface area contributed by atoms with Crippen LogP contribution in [0.4, 0.5) is 11.6 Å². The summed E-state index contributed by atoms with van der Waals surface area (Å²) < 4.78 is 0. The standard InChI is InChI=1S/C12H22N4O/c1-2-11-15-10(13)9-12(16-11)14-7-5-3-4-6-8-17/h9,17H,2-8H2,1H3,(H3,13,14,15,16). The fraction of sp³-hybridized carbons (Fsp3) is 0.667. The van der Waals surface area contributed by atoms with Crippen LogP contribution in [0.2, 0.25) is 0 Å². The molecule has 1 rings (SSSR count). The SMILES string of the molecule is CCc1nc(N)cc(NCCCCCCO)n1. The lowest BCUT2D eigenvalue weighted by Crippen LogP contribution is -2.07. The number of aryl methyl sites for hydroxylation is 1. The Morgan fingerprint density at radius 2 is 2.00 bits per heavy atom. The number of hydrogen-bond acceptors (Lipinski definition) is 5. The fourth-order valence-corrected chi connectivity index (χ4v) is 1.57. The molecule has 1 aromatic rings. The summed E-state index contributed by atoms with van der Waals surface area (Å²) in [6.07, 6.45) is 4.95. The molecule has 1 heterocycles. The van der Waals surface area contributed by atoms with Crippen molar-refractivity contribution in [2.24, 2.45) is 0 Å². The average Bonchev–Trinajstić information content (AvgIpc) is 2.33. The Labute approximate surface area is 102 Å². The summed E-state index contributed by atoms with van der Waals surface area (Å²) in [6.45, 7) is 3.17. The minimum absolute atomic E-state index is 0.287. The molecule has 0 aromatic carbocycles. The van der Waals surface area contributed by atoms with E-state index in [1.165, 1.54) is 0 Å². The quantitative estimate of drug-likeness (QED) is 0.599. The lowest BCUT2D eigenvalue weighted by molar-refractivity contribution is 0.283. The molecule has 0 aliphatic carbocycles. The van der Waals surface area contributed by atoms with E-state index in [4.69, 9.17) is 10.8 Å². The Hall–Kier alpha value is -1.36. The molecule has 0 unspecified atom stereocenters. The van der Waals surface area contributed by atoms with Crippen LogP contribution < -0.4 is 11.1 Å². The monoisotopic (exact) mass is 238 g/mol. The van der Waals surface area contributed by atoms with Crippen molar-refractivity contribution in [3.8, 4) is 0 Å². The molecule has 0 saturated heterocycles. The number of aliphatic hydroxyl groups is 1. The van der Waals surface area contributed by atoms with Crippen molar-refractivity contribution in [1.29, 1.82) is 0 Å². The largest absolute Gasteiger partial charge is 0.396 e. The van der Waals surface area contributed by atoms with Crippen LogP contribution in [0.1, 0.15) is 38.4 Å². The topological polar surface area (TPSA) is 84.1 Å². The summed E-state index contributed by atoms with van der Waals surface area (Å²) >= 11 is 0. The van der Waals surface area contributed by atoms with E-state index in [1.807, 2.05) is 6.92 Å². The molecule has 0 radical (unpaired) electrons. The maximum atomic E-state index is 8.64.